The lowest BCUT2D eigenvalue weighted by molar-refractivity contribution is 0.673. The highest BCUT2D eigenvalue weighted by Crippen LogP contribution is 2.60. The van der Waals surface area contributed by atoms with E-state index in [-0.39, 0.29) is 0 Å². The number of rotatable bonds is 8. The van der Waals surface area contributed by atoms with Gasteiger partial charge in [-0.05, 0) is 132 Å². The molecule has 1 aromatic heterocycles. The van der Waals surface area contributed by atoms with Gasteiger partial charge in [-0.2, -0.15) is 0 Å². The second-order valence-electron chi connectivity index (χ2n) is 18.7. The Hall–Kier alpha value is -9.24. The zero-order chi connectivity index (χ0) is 46.9. The van der Waals surface area contributed by atoms with Crippen molar-refractivity contribution in [2.24, 2.45) is 0 Å². The Kier molecular flexibility index (Phi) is 9.47. The Morgan fingerprint density at radius 2 is 0.901 bits per heavy atom. The highest BCUT2D eigenvalue weighted by Gasteiger charge is 2.47. The molecule has 0 N–H and O–H groups in total. The average molecular weight is 904 g/mol. The van der Waals surface area contributed by atoms with Crippen LogP contribution in [-0.2, 0) is 5.41 Å². The minimum atomic E-state index is -0.599. The summed E-state index contributed by atoms with van der Waals surface area (Å²) in [6.07, 6.45) is 0. The molecule has 0 radical (unpaired) electrons. The monoisotopic (exact) mass is 903 g/mol. The van der Waals surface area contributed by atoms with Gasteiger partial charge in [0.1, 0.15) is 11.2 Å². The van der Waals surface area contributed by atoms with Crippen molar-refractivity contribution in [3.63, 3.8) is 0 Å². The van der Waals surface area contributed by atoms with Gasteiger partial charge in [0.15, 0.2) is 0 Å². The molecule has 0 fully saturated rings. The van der Waals surface area contributed by atoms with Crippen molar-refractivity contribution in [1.29, 1.82) is 0 Å². The molecule has 2 nitrogen and oxygen atoms in total. The molecule has 0 spiro atoms. The molecule has 0 saturated carbocycles. The Bertz CT molecular complexity index is 4100. The van der Waals surface area contributed by atoms with Gasteiger partial charge in [-0.15, -0.1) is 0 Å². The van der Waals surface area contributed by atoms with E-state index in [0.717, 1.165) is 60.9 Å². The quantitative estimate of drug-likeness (QED) is 0.151. The minimum Gasteiger partial charge on any atom is -0.455 e. The van der Waals surface area contributed by atoms with Crippen molar-refractivity contribution in [1.82, 2.24) is 0 Å². The van der Waals surface area contributed by atoms with Gasteiger partial charge in [-0.1, -0.05) is 218 Å². The highest BCUT2D eigenvalue weighted by atomic mass is 16.3. The van der Waals surface area contributed by atoms with Crippen molar-refractivity contribution in [2.75, 3.05) is 4.90 Å². The number of para-hydroxylation sites is 1. The summed E-state index contributed by atoms with van der Waals surface area (Å²) in [6.45, 7) is 0. The summed E-state index contributed by atoms with van der Waals surface area (Å²) in [7, 11) is 0. The van der Waals surface area contributed by atoms with Crippen molar-refractivity contribution in [2.45, 2.75) is 5.41 Å². The Labute approximate surface area is 413 Å². The summed E-state index contributed by atoms with van der Waals surface area (Å²) in [5, 5.41) is 6.78. The first-order chi connectivity index (χ1) is 35.2. The van der Waals surface area contributed by atoms with Crippen LogP contribution in [0.2, 0.25) is 0 Å². The van der Waals surface area contributed by atoms with E-state index in [1.54, 1.807) is 0 Å². The number of fused-ring (bicyclic) bond motifs is 9. The van der Waals surface area contributed by atoms with Crippen molar-refractivity contribution >= 4 is 60.5 Å². The zero-order valence-corrected chi connectivity index (χ0v) is 38.8. The van der Waals surface area contributed by atoms with Gasteiger partial charge in [0.05, 0.1) is 11.1 Å². The first kappa shape index (κ1) is 40.8. The Morgan fingerprint density at radius 3 is 1.65 bits per heavy atom. The van der Waals surface area contributed by atoms with Crippen molar-refractivity contribution in [3.05, 3.63) is 295 Å². The van der Waals surface area contributed by atoms with E-state index in [2.05, 4.69) is 278 Å². The summed E-state index contributed by atoms with van der Waals surface area (Å²) >= 11 is 0. The largest absolute Gasteiger partial charge is 0.455 e. The fourth-order valence-electron chi connectivity index (χ4n) is 11.8. The van der Waals surface area contributed by atoms with E-state index in [0.29, 0.717) is 0 Å². The van der Waals surface area contributed by atoms with Gasteiger partial charge in [-0.25, -0.2) is 0 Å². The molecular weight excluding hydrogens is 859 g/mol. The third-order valence-electron chi connectivity index (χ3n) is 14.9. The van der Waals surface area contributed by atoms with E-state index in [4.69, 9.17) is 4.42 Å². The first-order valence-electron chi connectivity index (χ1n) is 24.5. The maximum absolute atomic E-state index is 7.11. The van der Waals surface area contributed by atoms with E-state index in [9.17, 15) is 0 Å². The number of furan rings is 1. The van der Waals surface area contributed by atoms with E-state index in [1.807, 2.05) is 0 Å². The molecule has 13 aromatic rings. The van der Waals surface area contributed by atoms with Crippen LogP contribution in [0.1, 0.15) is 22.3 Å². The fraction of sp³-hybridized carbons (Fsp3) is 0.0145. The van der Waals surface area contributed by atoms with Gasteiger partial charge in [-0.3, -0.25) is 0 Å². The van der Waals surface area contributed by atoms with Gasteiger partial charge in [0.2, 0.25) is 0 Å². The zero-order valence-electron chi connectivity index (χ0n) is 38.8. The van der Waals surface area contributed by atoms with Crippen LogP contribution in [0.25, 0.3) is 88.0 Å². The van der Waals surface area contributed by atoms with Gasteiger partial charge in [0.25, 0.3) is 0 Å². The van der Waals surface area contributed by atoms with E-state index < -0.39 is 5.41 Å². The SMILES string of the molecule is c1ccc(-c2ccc(N(c3ccccc3)c3cc4c(oc5cccc(-c6cc(-c7ccc8ccccc8c7)c7c(c6)C(c6ccccc6)(c6ccccc6)c6ccccc6-7)c54)c4ccccc34)cc2)cc1. The first-order valence-corrected chi connectivity index (χ1v) is 24.5. The van der Waals surface area contributed by atoms with Crippen LogP contribution in [0.15, 0.2) is 277 Å². The maximum Gasteiger partial charge on any atom is 0.143 e. The molecule has 0 bridgehead atoms. The number of benzene rings is 12. The number of hydrogen-bond acceptors (Lipinski definition) is 2. The lowest BCUT2D eigenvalue weighted by atomic mass is 9.67. The summed E-state index contributed by atoms with van der Waals surface area (Å²) in [5.41, 5.74) is 18.9. The van der Waals surface area contributed by atoms with E-state index in [1.165, 1.54) is 66.4 Å². The van der Waals surface area contributed by atoms with Crippen molar-refractivity contribution in [3.8, 4) is 44.5 Å². The normalized spacial score (nSPS) is 12.6. The fourth-order valence-corrected chi connectivity index (χ4v) is 11.8. The van der Waals surface area contributed by atoms with Crippen molar-refractivity contribution < 1.29 is 4.42 Å². The van der Waals surface area contributed by atoms with Crippen LogP contribution in [0.3, 0.4) is 0 Å². The third kappa shape index (κ3) is 6.42. The Morgan fingerprint density at radius 1 is 0.324 bits per heavy atom. The Balaban J connectivity index is 1.07. The van der Waals surface area contributed by atoms with Crippen LogP contribution >= 0.6 is 0 Å². The maximum atomic E-state index is 7.11. The molecule has 0 amide bonds. The molecular formula is C69H45NO. The smallest absolute Gasteiger partial charge is 0.143 e. The van der Waals surface area contributed by atoms with Crippen LogP contribution in [-0.4, -0.2) is 0 Å². The van der Waals surface area contributed by atoms with Crippen LogP contribution in [0.4, 0.5) is 17.1 Å². The second kappa shape index (κ2) is 16.5. The lowest BCUT2D eigenvalue weighted by Crippen LogP contribution is -2.28. The second-order valence-corrected chi connectivity index (χ2v) is 18.7. The summed E-state index contributed by atoms with van der Waals surface area (Å²) in [4.78, 5) is 2.40. The molecule has 0 aliphatic heterocycles. The predicted octanol–water partition coefficient (Wildman–Crippen LogP) is 18.7. The predicted molar refractivity (Wildman–Crippen MR) is 297 cm³/mol. The number of anilines is 3. The van der Waals surface area contributed by atoms with Gasteiger partial charge in [0, 0.05) is 32.9 Å². The van der Waals surface area contributed by atoms with Crippen LogP contribution in [0, 0.1) is 0 Å². The molecule has 1 aliphatic carbocycles. The summed E-state index contributed by atoms with van der Waals surface area (Å²) in [6, 6.07) is 99.9. The minimum absolute atomic E-state index is 0.599. The number of nitrogens with zero attached hydrogens (tertiary/aromatic N) is 1. The molecule has 2 heteroatoms. The molecule has 71 heavy (non-hydrogen) atoms. The molecule has 0 unspecified atom stereocenters. The average Bonchev–Trinajstić information content (AvgIpc) is 3.99. The highest BCUT2D eigenvalue weighted by molar-refractivity contribution is 6.23. The molecule has 0 atom stereocenters. The van der Waals surface area contributed by atoms with Crippen LogP contribution < -0.4 is 4.90 Å². The molecule has 1 aliphatic rings. The lowest BCUT2D eigenvalue weighted by Gasteiger charge is -2.34. The van der Waals surface area contributed by atoms with Gasteiger partial charge < -0.3 is 9.32 Å². The van der Waals surface area contributed by atoms with E-state index >= 15 is 0 Å². The third-order valence-corrected chi connectivity index (χ3v) is 14.9. The molecule has 12 aromatic carbocycles. The van der Waals surface area contributed by atoms with Crippen LogP contribution in [0.5, 0.6) is 0 Å². The number of hydrogen-bond donors (Lipinski definition) is 0. The molecule has 1 heterocycles. The summed E-state index contributed by atoms with van der Waals surface area (Å²) < 4.78 is 7.11. The molecule has 14 rings (SSSR count). The standard InChI is InChI=1S/C69H45NO/c1-5-20-46(21-6-1)48-38-40-55(41-39-48)70(54-28-11-4-12-29-54)64-45-61-67-56(33-19-35-65(67)71-68(61)58-31-16-15-30-57(58)64)51-43-60(50-37-36-47-22-13-14-23-49(47)42-50)66-59-32-17-18-34-62(59)69(63(66)44-51,52-24-7-2-8-25-52)53-26-9-3-10-27-53/h1-45H. The summed E-state index contributed by atoms with van der Waals surface area (Å²) in [5.74, 6) is 0. The molecule has 0 saturated heterocycles. The van der Waals surface area contributed by atoms with Gasteiger partial charge >= 0.3 is 0 Å². The topological polar surface area (TPSA) is 16.4 Å². The molecule has 332 valence electrons.